The molecule has 0 aliphatic heterocycles. The maximum absolute atomic E-state index is 11.7. The van der Waals surface area contributed by atoms with E-state index in [2.05, 4.69) is 13.8 Å². The van der Waals surface area contributed by atoms with Crippen molar-refractivity contribution in [3.05, 3.63) is 0 Å². The largest absolute Gasteiger partial charge is 0.461 e. The van der Waals surface area contributed by atoms with Crippen molar-refractivity contribution in [1.82, 2.24) is 0 Å². The molecular weight excluding hydrogens is 202 g/mol. The Labute approximate surface area is 97.7 Å². The van der Waals surface area contributed by atoms with Gasteiger partial charge in [-0.1, -0.05) is 13.8 Å². The lowest BCUT2D eigenvalue weighted by atomic mass is 9.76. The average Bonchev–Trinajstić information content (AvgIpc) is 3.03. The highest BCUT2D eigenvalue weighted by molar-refractivity contribution is 5.76. The van der Waals surface area contributed by atoms with Crippen LogP contribution >= 0.6 is 0 Å². The Hall–Kier alpha value is -0.570. The molecule has 0 aromatic rings. The van der Waals surface area contributed by atoms with Crippen LogP contribution in [-0.4, -0.2) is 18.1 Å². The van der Waals surface area contributed by atoms with Gasteiger partial charge in [0.05, 0.1) is 0 Å². The van der Waals surface area contributed by atoms with Gasteiger partial charge in [-0.05, 0) is 49.9 Å². The van der Waals surface area contributed by atoms with E-state index < -0.39 is 0 Å². The van der Waals surface area contributed by atoms with Gasteiger partial charge in [-0.2, -0.15) is 0 Å². The SMILES string of the molecule is CC1(C)CCC(OC(=O)C(N)C2CC2)CC1. The van der Waals surface area contributed by atoms with Gasteiger partial charge in [-0.3, -0.25) is 4.79 Å². The molecule has 2 N–H and O–H groups in total. The first kappa shape index (κ1) is 11.9. The van der Waals surface area contributed by atoms with Crippen molar-refractivity contribution >= 4 is 5.97 Å². The summed E-state index contributed by atoms with van der Waals surface area (Å²) in [5.74, 6) is 0.222. The smallest absolute Gasteiger partial charge is 0.323 e. The quantitative estimate of drug-likeness (QED) is 0.749. The normalized spacial score (nSPS) is 27.4. The van der Waals surface area contributed by atoms with E-state index in [1.54, 1.807) is 0 Å². The summed E-state index contributed by atoms with van der Waals surface area (Å²) >= 11 is 0. The first-order chi connectivity index (χ1) is 7.48. The fourth-order valence-electron chi connectivity index (χ4n) is 2.38. The van der Waals surface area contributed by atoms with Gasteiger partial charge in [-0.25, -0.2) is 0 Å². The minimum atomic E-state index is -0.366. The summed E-state index contributed by atoms with van der Waals surface area (Å²) in [5.41, 5.74) is 6.24. The Morgan fingerprint density at radius 3 is 2.31 bits per heavy atom. The van der Waals surface area contributed by atoms with Gasteiger partial charge in [0.25, 0.3) is 0 Å². The van der Waals surface area contributed by atoms with Gasteiger partial charge < -0.3 is 10.5 Å². The molecule has 1 atom stereocenters. The van der Waals surface area contributed by atoms with Crippen LogP contribution in [0.4, 0.5) is 0 Å². The molecule has 16 heavy (non-hydrogen) atoms. The van der Waals surface area contributed by atoms with Crippen molar-refractivity contribution in [1.29, 1.82) is 0 Å². The van der Waals surface area contributed by atoms with Gasteiger partial charge in [-0.15, -0.1) is 0 Å². The molecule has 0 radical (unpaired) electrons. The number of nitrogens with two attached hydrogens (primary N) is 1. The number of carbonyl (C=O) groups is 1. The summed E-state index contributed by atoms with van der Waals surface area (Å²) in [4.78, 5) is 11.7. The second-order valence-corrected chi connectivity index (χ2v) is 6.16. The van der Waals surface area contributed by atoms with Crippen LogP contribution in [0, 0.1) is 11.3 Å². The summed E-state index contributed by atoms with van der Waals surface area (Å²) in [6, 6.07) is -0.366. The van der Waals surface area contributed by atoms with E-state index in [0.717, 1.165) is 38.5 Å². The minimum Gasteiger partial charge on any atom is -0.461 e. The molecule has 3 heteroatoms. The number of hydrogen-bond acceptors (Lipinski definition) is 3. The molecule has 0 bridgehead atoms. The van der Waals surface area contributed by atoms with Crippen molar-refractivity contribution < 1.29 is 9.53 Å². The Bertz CT molecular complexity index is 261. The lowest BCUT2D eigenvalue weighted by Crippen LogP contribution is -2.38. The molecule has 0 saturated heterocycles. The van der Waals surface area contributed by atoms with E-state index in [9.17, 15) is 4.79 Å². The highest BCUT2D eigenvalue weighted by atomic mass is 16.5. The van der Waals surface area contributed by atoms with Crippen LogP contribution < -0.4 is 5.73 Å². The van der Waals surface area contributed by atoms with Crippen molar-refractivity contribution in [2.75, 3.05) is 0 Å². The topological polar surface area (TPSA) is 52.3 Å². The van der Waals surface area contributed by atoms with Crippen molar-refractivity contribution in [2.45, 2.75) is 64.5 Å². The first-order valence-corrected chi connectivity index (χ1v) is 6.44. The van der Waals surface area contributed by atoms with E-state index in [-0.39, 0.29) is 18.1 Å². The summed E-state index contributed by atoms with van der Waals surface area (Å²) in [6.07, 6.45) is 6.58. The number of rotatable bonds is 3. The van der Waals surface area contributed by atoms with Crippen LogP contribution in [0.1, 0.15) is 52.4 Å². The molecule has 0 aromatic carbocycles. The van der Waals surface area contributed by atoms with Crippen LogP contribution in [0.25, 0.3) is 0 Å². The molecule has 2 fully saturated rings. The van der Waals surface area contributed by atoms with E-state index in [4.69, 9.17) is 10.5 Å². The van der Waals surface area contributed by atoms with Crippen LogP contribution in [0.3, 0.4) is 0 Å². The van der Waals surface area contributed by atoms with Gasteiger partial charge in [0.15, 0.2) is 0 Å². The van der Waals surface area contributed by atoms with Crippen LogP contribution in [0.15, 0.2) is 0 Å². The van der Waals surface area contributed by atoms with Crippen LogP contribution in [0.2, 0.25) is 0 Å². The third-order valence-corrected chi connectivity index (χ3v) is 3.97. The molecule has 2 aliphatic rings. The lowest BCUT2D eigenvalue weighted by Gasteiger charge is -2.34. The number of carbonyl (C=O) groups excluding carboxylic acids is 1. The second kappa shape index (κ2) is 4.36. The fraction of sp³-hybridized carbons (Fsp3) is 0.923. The summed E-state index contributed by atoms with van der Waals surface area (Å²) < 4.78 is 5.48. The van der Waals surface area contributed by atoms with Crippen LogP contribution in [0.5, 0.6) is 0 Å². The highest BCUT2D eigenvalue weighted by Crippen LogP contribution is 2.37. The van der Waals surface area contributed by atoms with Gasteiger partial charge in [0.1, 0.15) is 12.1 Å². The first-order valence-electron chi connectivity index (χ1n) is 6.44. The van der Waals surface area contributed by atoms with E-state index >= 15 is 0 Å². The van der Waals surface area contributed by atoms with Crippen molar-refractivity contribution in [2.24, 2.45) is 17.1 Å². The van der Waals surface area contributed by atoms with E-state index in [1.165, 1.54) is 0 Å². The monoisotopic (exact) mass is 225 g/mol. The third-order valence-electron chi connectivity index (χ3n) is 3.97. The maximum atomic E-state index is 11.7. The zero-order valence-corrected chi connectivity index (χ0v) is 10.4. The molecule has 3 nitrogen and oxygen atoms in total. The third kappa shape index (κ3) is 2.97. The Morgan fingerprint density at radius 2 is 1.81 bits per heavy atom. The number of ether oxygens (including phenoxy) is 1. The minimum absolute atomic E-state index is 0.116. The molecule has 2 rings (SSSR count). The highest BCUT2D eigenvalue weighted by Gasteiger charge is 2.36. The average molecular weight is 225 g/mol. The van der Waals surface area contributed by atoms with Gasteiger partial charge in [0, 0.05) is 0 Å². The molecule has 2 saturated carbocycles. The maximum Gasteiger partial charge on any atom is 0.323 e. The molecular formula is C13H23NO2. The van der Waals surface area contributed by atoms with Gasteiger partial charge >= 0.3 is 5.97 Å². The van der Waals surface area contributed by atoms with Crippen molar-refractivity contribution in [3.63, 3.8) is 0 Å². The molecule has 0 spiro atoms. The number of hydrogen-bond donors (Lipinski definition) is 1. The summed E-state index contributed by atoms with van der Waals surface area (Å²) in [6.45, 7) is 4.56. The van der Waals surface area contributed by atoms with Crippen LogP contribution in [-0.2, 0) is 9.53 Å². The molecule has 0 aromatic heterocycles. The molecule has 2 aliphatic carbocycles. The summed E-state index contributed by atoms with van der Waals surface area (Å²) in [7, 11) is 0. The Morgan fingerprint density at radius 1 is 1.25 bits per heavy atom. The van der Waals surface area contributed by atoms with Gasteiger partial charge in [0.2, 0.25) is 0 Å². The second-order valence-electron chi connectivity index (χ2n) is 6.16. The fourth-order valence-corrected chi connectivity index (χ4v) is 2.38. The summed E-state index contributed by atoms with van der Waals surface area (Å²) in [5, 5.41) is 0. The molecule has 0 amide bonds. The Balaban J connectivity index is 1.75. The van der Waals surface area contributed by atoms with E-state index in [1.807, 2.05) is 0 Å². The lowest BCUT2D eigenvalue weighted by molar-refractivity contribution is -0.153. The molecule has 0 heterocycles. The van der Waals surface area contributed by atoms with E-state index in [0.29, 0.717) is 11.3 Å². The zero-order valence-electron chi connectivity index (χ0n) is 10.4. The molecule has 1 unspecified atom stereocenters. The predicted octanol–water partition coefficient (Wildman–Crippen LogP) is 2.24. The standard InChI is InChI=1S/C13H23NO2/c1-13(2)7-5-10(6-8-13)16-12(15)11(14)9-3-4-9/h9-11H,3-8,14H2,1-2H3. The van der Waals surface area contributed by atoms with Crippen molar-refractivity contribution in [3.8, 4) is 0 Å². The number of esters is 1. The predicted molar refractivity (Wildman–Crippen MR) is 62.8 cm³/mol. The zero-order chi connectivity index (χ0) is 11.8. The molecule has 92 valence electrons. The Kier molecular flexibility index (Phi) is 3.24.